The maximum absolute atomic E-state index is 12.2. The number of nitrogen functional groups attached to an aromatic ring is 1. The Balaban J connectivity index is 1.91. The second kappa shape index (κ2) is 10.4. The molecule has 38 heavy (non-hydrogen) atoms. The number of hydrogen-bond acceptors (Lipinski definition) is 6. The van der Waals surface area contributed by atoms with Crippen molar-refractivity contribution in [3.05, 3.63) is 53.3 Å². The number of phenolic OH excluding ortho intramolecular Hbond substituents is 2. The molecule has 4 aromatic rings. The maximum Gasteiger partial charge on any atom is 0.231 e. The fraction of sp³-hybridized carbons (Fsp3) is 0.414. The number of phenols is 2. The Morgan fingerprint density at radius 1 is 1.13 bits per heavy atom. The number of unbranched alkanes of at least 4 members (excludes halogenated alkanes) is 1. The molecule has 2 heterocycles. The molecule has 0 spiro atoms. The monoisotopic (exact) mass is 581 g/mol. The third-order valence-corrected chi connectivity index (χ3v) is 8.33. The molecule has 2 aromatic heterocycles. The lowest BCUT2D eigenvalue weighted by Gasteiger charge is -2.42. The van der Waals surface area contributed by atoms with E-state index in [4.69, 9.17) is 15.7 Å². The van der Waals surface area contributed by atoms with E-state index in [1.54, 1.807) is 12.1 Å². The summed E-state index contributed by atoms with van der Waals surface area (Å²) in [6, 6.07) is 11.1. The Morgan fingerprint density at radius 2 is 1.87 bits per heavy atom. The van der Waals surface area contributed by atoms with Crippen LogP contribution in [-0.4, -0.2) is 41.5 Å². The van der Waals surface area contributed by atoms with Crippen molar-refractivity contribution < 1.29 is 15.0 Å². The van der Waals surface area contributed by atoms with Crippen molar-refractivity contribution in [2.24, 2.45) is 0 Å². The number of amides is 1. The molecule has 0 aliphatic heterocycles. The molecule has 0 saturated carbocycles. The first-order valence-electron chi connectivity index (χ1n) is 12.9. The van der Waals surface area contributed by atoms with Gasteiger partial charge >= 0.3 is 0 Å². The zero-order valence-electron chi connectivity index (χ0n) is 22.6. The van der Waals surface area contributed by atoms with Crippen molar-refractivity contribution in [1.82, 2.24) is 19.9 Å². The van der Waals surface area contributed by atoms with Crippen molar-refractivity contribution >= 4 is 49.6 Å². The van der Waals surface area contributed by atoms with Crippen LogP contribution in [0.5, 0.6) is 11.5 Å². The molecule has 0 radical (unpaired) electrons. The number of carbonyl (C=O) groups excluding carboxylic acids is 1. The number of aromatic nitrogens is 3. The van der Waals surface area contributed by atoms with Gasteiger partial charge in [0.15, 0.2) is 17.3 Å². The highest BCUT2D eigenvalue weighted by Crippen LogP contribution is 2.38. The van der Waals surface area contributed by atoms with Crippen LogP contribution in [0.4, 0.5) is 5.82 Å². The van der Waals surface area contributed by atoms with Crippen molar-refractivity contribution in [1.29, 1.82) is 0 Å². The summed E-state index contributed by atoms with van der Waals surface area (Å²) in [5, 5.41) is 24.9. The standard InChI is InChI=1S/C29H36BrN5O3/c1-6-7-11-22-33-24-25(35(22)16-17-9-8-10-21(36)26(17)38)19-13-12-18(14-20(19)32-27(24)31)28(2,3)29(4,5)34-23(37)15-30/h8-10,12-14,36,38H,6-7,11,15-16H2,1-5H3,(H2,31,32)(H,34,37). The highest BCUT2D eigenvalue weighted by atomic mass is 79.9. The molecule has 0 atom stereocenters. The number of para-hydroxylation sites is 1. The third-order valence-electron chi connectivity index (χ3n) is 7.82. The molecule has 0 unspecified atom stereocenters. The van der Waals surface area contributed by atoms with Crippen molar-refractivity contribution in [2.45, 2.75) is 71.4 Å². The number of carbonyl (C=O) groups is 1. The van der Waals surface area contributed by atoms with Crippen LogP contribution in [-0.2, 0) is 23.2 Å². The maximum atomic E-state index is 12.2. The fourth-order valence-corrected chi connectivity index (χ4v) is 4.96. The minimum absolute atomic E-state index is 0.0772. The molecule has 202 valence electrons. The lowest BCUT2D eigenvalue weighted by atomic mass is 9.69. The van der Waals surface area contributed by atoms with Gasteiger partial charge in [0.1, 0.15) is 11.3 Å². The Kier molecular flexibility index (Phi) is 7.61. The molecule has 0 bridgehead atoms. The number of imidazole rings is 1. The van der Waals surface area contributed by atoms with Gasteiger partial charge in [-0.3, -0.25) is 4.79 Å². The zero-order valence-corrected chi connectivity index (χ0v) is 24.2. The number of pyridine rings is 1. The average Bonchev–Trinajstić information content (AvgIpc) is 3.23. The highest BCUT2D eigenvalue weighted by molar-refractivity contribution is 9.09. The SMILES string of the molecule is CCCCc1nc2c(N)nc3cc(C(C)(C)C(C)(C)NC(=O)CBr)ccc3c2n1Cc1cccc(O)c1O. The molecule has 0 saturated heterocycles. The number of rotatable bonds is 9. The molecular formula is C29H36BrN5O3. The van der Waals surface area contributed by atoms with Gasteiger partial charge in [0.2, 0.25) is 5.91 Å². The summed E-state index contributed by atoms with van der Waals surface area (Å²) in [4.78, 5) is 21.8. The van der Waals surface area contributed by atoms with E-state index in [1.165, 1.54) is 6.07 Å². The van der Waals surface area contributed by atoms with E-state index >= 15 is 0 Å². The van der Waals surface area contributed by atoms with E-state index in [1.807, 2.05) is 26.0 Å². The number of hydrogen-bond donors (Lipinski definition) is 4. The predicted octanol–water partition coefficient (Wildman–Crippen LogP) is 5.54. The minimum atomic E-state index is -0.539. The minimum Gasteiger partial charge on any atom is -0.504 e. The molecule has 0 aliphatic carbocycles. The summed E-state index contributed by atoms with van der Waals surface area (Å²) in [7, 11) is 0. The largest absolute Gasteiger partial charge is 0.504 e. The molecule has 1 amide bonds. The summed E-state index contributed by atoms with van der Waals surface area (Å²) in [5.41, 5.74) is 9.31. The number of fused-ring (bicyclic) bond motifs is 3. The second-order valence-electron chi connectivity index (χ2n) is 10.9. The van der Waals surface area contributed by atoms with Crippen LogP contribution in [0.1, 0.15) is 64.4 Å². The number of aryl methyl sites for hydroxylation is 1. The number of aromatic hydroxyl groups is 2. The number of anilines is 1. The highest BCUT2D eigenvalue weighted by Gasteiger charge is 2.39. The van der Waals surface area contributed by atoms with E-state index in [-0.39, 0.29) is 22.7 Å². The third kappa shape index (κ3) is 4.91. The van der Waals surface area contributed by atoms with Gasteiger partial charge in [0, 0.05) is 28.3 Å². The average molecular weight is 583 g/mol. The predicted molar refractivity (Wildman–Crippen MR) is 156 cm³/mol. The van der Waals surface area contributed by atoms with Crippen molar-refractivity contribution in [3.8, 4) is 11.5 Å². The van der Waals surface area contributed by atoms with Gasteiger partial charge in [0.05, 0.1) is 22.9 Å². The van der Waals surface area contributed by atoms with Gasteiger partial charge in [-0.05, 0) is 38.0 Å². The van der Waals surface area contributed by atoms with E-state index in [0.717, 1.165) is 47.1 Å². The first-order chi connectivity index (χ1) is 17.9. The molecule has 8 nitrogen and oxygen atoms in total. The fourth-order valence-electron chi connectivity index (χ4n) is 4.82. The Morgan fingerprint density at radius 3 is 2.55 bits per heavy atom. The summed E-state index contributed by atoms with van der Waals surface area (Å²) in [6.07, 6.45) is 2.71. The lowest BCUT2D eigenvalue weighted by molar-refractivity contribution is -0.120. The van der Waals surface area contributed by atoms with Gasteiger partial charge in [-0.15, -0.1) is 0 Å². The van der Waals surface area contributed by atoms with Crippen molar-refractivity contribution in [3.63, 3.8) is 0 Å². The number of nitrogens with two attached hydrogens (primary N) is 1. The van der Waals surface area contributed by atoms with Crippen LogP contribution < -0.4 is 11.1 Å². The van der Waals surface area contributed by atoms with Gasteiger partial charge in [-0.1, -0.05) is 67.4 Å². The van der Waals surface area contributed by atoms with E-state index < -0.39 is 11.0 Å². The molecular weight excluding hydrogens is 546 g/mol. The van der Waals surface area contributed by atoms with Crippen molar-refractivity contribution in [2.75, 3.05) is 11.1 Å². The first kappa shape index (κ1) is 27.7. The number of halogens is 1. The normalized spacial score (nSPS) is 12.4. The molecule has 0 aliphatic rings. The Labute approximate surface area is 231 Å². The van der Waals surface area contributed by atoms with Crippen LogP contribution in [0.25, 0.3) is 21.9 Å². The van der Waals surface area contributed by atoms with Crippen LogP contribution in [0.15, 0.2) is 36.4 Å². The smallest absolute Gasteiger partial charge is 0.231 e. The van der Waals surface area contributed by atoms with E-state index in [0.29, 0.717) is 23.4 Å². The second-order valence-corrected chi connectivity index (χ2v) is 11.4. The number of alkyl halides is 1. The number of benzene rings is 2. The van der Waals surface area contributed by atoms with Gasteiger partial charge < -0.3 is 25.8 Å². The summed E-state index contributed by atoms with van der Waals surface area (Å²) in [5.74, 6) is 0.819. The van der Waals surface area contributed by atoms with Crippen LogP contribution in [0, 0.1) is 0 Å². The van der Waals surface area contributed by atoms with Gasteiger partial charge in [-0.25, -0.2) is 9.97 Å². The summed E-state index contributed by atoms with van der Waals surface area (Å²) in [6.45, 7) is 10.7. The lowest BCUT2D eigenvalue weighted by Crippen LogP contribution is -2.56. The molecule has 4 rings (SSSR count). The number of nitrogens with zero attached hydrogens (tertiary/aromatic N) is 3. The molecule has 9 heteroatoms. The van der Waals surface area contributed by atoms with Gasteiger partial charge in [-0.2, -0.15) is 0 Å². The summed E-state index contributed by atoms with van der Waals surface area (Å²) < 4.78 is 2.07. The Hall–Kier alpha value is -3.33. The topological polar surface area (TPSA) is 126 Å². The first-order valence-corrected chi connectivity index (χ1v) is 14.0. The Bertz CT molecular complexity index is 1510. The zero-order chi connectivity index (χ0) is 27.8. The van der Waals surface area contributed by atoms with E-state index in [2.05, 4.69) is 52.7 Å². The van der Waals surface area contributed by atoms with Gasteiger partial charge in [0.25, 0.3) is 0 Å². The molecule has 2 aromatic carbocycles. The molecule has 0 fully saturated rings. The summed E-state index contributed by atoms with van der Waals surface area (Å²) >= 11 is 3.24. The quantitative estimate of drug-likeness (QED) is 0.152. The van der Waals surface area contributed by atoms with Crippen LogP contribution >= 0.6 is 15.9 Å². The van der Waals surface area contributed by atoms with E-state index in [9.17, 15) is 15.0 Å². The molecule has 5 N–H and O–H groups in total. The van der Waals surface area contributed by atoms with Crippen LogP contribution in [0.3, 0.4) is 0 Å². The van der Waals surface area contributed by atoms with Crippen LogP contribution in [0.2, 0.25) is 0 Å². The number of nitrogens with one attached hydrogen (secondary N) is 1.